The van der Waals surface area contributed by atoms with Crippen LogP contribution in [0, 0.1) is 0 Å². The number of hydrogen-bond acceptors (Lipinski definition) is 1. The zero-order chi connectivity index (χ0) is 6.69. The molecular weight excluding hydrogens is 171 g/mol. The summed E-state index contributed by atoms with van der Waals surface area (Å²) in [6.45, 7) is 0. The maximum Gasteiger partial charge on any atom is 0.115 e. The molecule has 0 unspecified atom stereocenters. The summed E-state index contributed by atoms with van der Waals surface area (Å²) < 4.78 is 0. The van der Waals surface area contributed by atoms with Gasteiger partial charge in [-0.15, -0.1) is 24.0 Å². The second-order valence-corrected chi connectivity index (χ2v) is 2.07. The minimum atomic E-state index is 0. The van der Waals surface area contributed by atoms with E-state index in [0.29, 0.717) is 5.88 Å². The van der Waals surface area contributed by atoms with Crippen LogP contribution in [-0.4, -0.2) is 5.11 Å². The van der Waals surface area contributed by atoms with Crippen LogP contribution in [0.25, 0.3) is 0 Å². The van der Waals surface area contributed by atoms with E-state index in [1.54, 1.807) is 24.3 Å². The Morgan fingerprint density at radius 2 is 1.70 bits per heavy atom. The molecule has 0 saturated heterocycles. The van der Waals surface area contributed by atoms with Crippen molar-refractivity contribution in [2.75, 3.05) is 0 Å². The molecule has 0 saturated carbocycles. The average Bonchev–Trinajstić information content (AvgIpc) is 1.90. The summed E-state index contributed by atoms with van der Waals surface area (Å²) in [6.07, 6.45) is 0. The smallest absolute Gasteiger partial charge is 0.115 e. The first-order chi connectivity index (χ1) is 4.33. The average molecular weight is 179 g/mol. The summed E-state index contributed by atoms with van der Waals surface area (Å²) in [5.41, 5.74) is 1.02. The molecule has 1 aromatic carbocycles. The first-order valence-corrected chi connectivity index (χ1v) is 3.20. The van der Waals surface area contributed by atoms with Crippen LogP contribution >= 0.6 is 24.0 Å². The lowest BCUT2D eigenvalue weighted by Crippen LogP contribution is -1.73. The molecule has 1 N–H and O–H groups in total. The molecule has 10 heavy (non-hydrogen) atoms. The number of alkyl halides is 1. The molecule has 0 amide bonds. The van der Waals surface area contributed by atoms with E-state index in [2.05, 4.69) is 0 Å². The van der Waals surface area contributed by atoms with Crippen LogP contribution in [0.4, 0.5) is 0 Å². The minimum absolute atomic E-state index is 0. The molecule has 0 heterocycles. The molecule has 1 rings (SSSR count). The fourth-order valence-corrected chi connectivity index (χ4v) is 0.763. The van der Waals surface area contributed by atoms with Gasteiger partial charge in [0.05, 0.1) is 0 Å². The Hall–Kier alpha value is -0.400. The molecule has 0 bridgehead atoms. The van der Waals surface area contributed by atoms with Crippen molar-refractivity contribution >= 4 is 24.0 Å². The van der Waals surface area contributed by atoms with Crippen molar-refractivity contribution in [3.05, 3.63) is 29.8 Å². The lowest BCUT2D eigenvalue weighted by Gasteiger charge is -1.92. The van der Waals surface area contributed by atoms with Gasteiger partial charge in [-0.25, -0.2) is 0 Å². The van der Waals surface area contributed by atoms with Gasteiger partial charge in [0.1, 0.15) is 5.75 Å². The number of phenols is 1. The fraction of sp³-hybridized carbons (Fsp3) is 0.143. The van der Waals surface area contributed by atoms with Gasteiger partial charge in [-0.05, 0) is 17.7 Å². The fourth-order valence-electron chi connectivity index (χ4n) is 0.585. The maximum atomic E-state index is 8.81. The Labute approximate surface area is 71.0 Å². The molecule has 1 aromatic rings. The predicted molar refractivity (Wildman–Crippen MR) is 44.9 cm³/mol. The van der Waals surface area contributed by atoms with Gasteiger partial charge in [0.25, 0.3) is 0 Å². The summed E-state index contributed by atoms with van der Waals surface area (Å²) in [5.74, 6) is 0.782. The van der Waals surface area contributed by atoms with Crippen molar-refractivity contribution < 1.29 is 5.11 Å². The van der Waals surface area contributed by atoms with E-state index in [4.69, 9.17) is 16.7 Å². The summed E-state index contributed by atoms with van der Waals surface area (Å²) in [4.78, 5) is 0. The number of phenolic OH excluding ortho intramolecular Hbond substituents is 1. The molecule has 0 aromatic heterocycles. The second kappa shape index (κ2) is 4.42. The van der Waals surface area contributed by atoms with E-state index >= 15 is 0 Å². The van der Waals surface area contributed by atoms with E-state index in [1.807, 2.05) is 0 Å². The summed E-state index contributed by atoms with van der Waals surface area (Å²) >= 11 is 5.50. The van der Waals surface area contributed by atoms with Crippen molar-refractivity contribution in [1.82, 2.24) is 0 Å². The van der Waals surface area contributed by atoms with Gasteiger partial charge in [-0.3, -0.25) is 0 Å². The van der Waals surface area contributed by atoms with Crippen molar-refractivity contribution in [2.45, 2.75) is 5.88 Å². The normalized spacial score (nSPS) is 8.50. The van der Waals surface area contributed by atoms with Gasteiger partial charge in [0, 0.05) is 5.88 Å². The van der Waals surface area contributed by atoms with Gasteiger partial charge >= 0.3 is 0 Å². The van der Waals surface area contributed by atoms with Crippen LogP contribution in [0.3, 0.4) is 0 Å². The Morgan fingerprint density at radius 3 is 2.10 bits per heavy atom. The van der Waals surface area contributed by atoms with E-state index in [9.17, 15) is 0 Å². The molecule has 0 fully saturated rings. The first-order valence-electron chi connectivity index (χ1n) is 2.67. The van der Waals surface area contributed by atoms with Crippen LogP contribution in [0.1, 0.15) is 5.56 Å². The van der Waals surface area contributed by atoms with Crippen LogP contribution in [-0.2, 0) is 5.88 Å². The van der Waals surface area contributed by atoms with Gasteiger partial charge in [-0.1, -0.05) is 12.1 Å². The van der Waals surface area contributed by atoms with Crippen molar-refractivity contribution in [3.8, 4) is 5.75 Å². The number of benzene rings is 1. The summed E-state index contributed by atoms with van der Waals surface area (Å²) in [5, 5.41) is 8.81. The number of hydrogen-bond donors (Lipinski definition) is 1. The van der Waals surface area contributed by atoms with E-state index in [1.165, 1.54) is 0 Å². The van der Waals surface area contributed by atoms with Crippen molar-refractivity contribution in [3.63, 3.8) is 0 Å². The molecule has 0 radical (unpaired) electrons. The van der Waals surface area contributed by atoms with E-state index in [0.717, 1.165) is 5.56 Å². The Morgan fingerprint density at radius 1 is 1.20 bits per heavy atom. The van der Waals surface area contributed by atoms with Gasteiger partial charge in [0.15, 0.2) is 0 Å². The molecule has 56 valence electrons. The number of aromatic hydroxyl groups is 1. The van der Waals surface area contributed by atoms with E-state index < -0.39 is 0 Å². The molecule has 0 spiro atoms. The van der Waals surface area contributed by atoms with Crippen molar-refractivity contribution in [1.29, 1.82) is 0 Å². The zero-order valence-electron chi connectivity index (χ0n) is 5.25. The largest absolute Gasteiger partial charge is 0.508 e. The highest BCUT2D eigenvalue weighted by Crippen LogP contribution is 2.10. The number of rotatable bonds is 1. The standard InChI is InChI=1S/C7H7ClO.ClH/c8-5-6-1-3-7(9)4-2-6;/h1-4,9H,5H2;1H. The molecule has 0 aliphatic heterocycles. The van der Waals surface area contributed by atoms with E-state index in [-0.39, 0.29) is 18.2 Å². The highest BCUT2D eigenvalue weighted by Gasteiger charge is 1.87. The predicted octanol–water partition coefficient (Wildman–Crippen LogP) is 2.55. The third kappa shape index (κ3) is 2.46. The highest BCUT2D eigenvalue weighted by molar-refractivity contribution is 6.17. The Balaban J connectivity index is 0.000000810. The minimum Gasteiger partial charge on any atom is -0.508 e. The molecule has 0 aliphatic carbocycles. The molecule has 0 atom stereocenters. The lowest BCUT2D eigenvalue weighted by molar-refractivity contribution is 0.475. The maximum absolute atomic E-state index is 8.81. The summed E-state index contributed by atoms with van der Waals surface area (Å²) in [7, 11) is 0. The van der Waals surface area contributed by atoms with Crippen LogP contribution < -0.4 is 0 Å². The van der Waals surface area contributed by atoms with Crippen LogP contribution in [0.2, 0.25) is 0 Å². The quantitative estimate of drug-likeness (QED) is 0.656. The third-order valence-electron chi connectivity index (χ3n) is 1.09. The molecule has 3 heteroatoms. The van der Waals surface area contributed by atoms with Crippen LogP contribution in [0.5, 0.6) is 5.75 Å². The topological polar surface area (TPSA) is 20.2 Å². The molecule has 1 nitrogen and oxygen atoms in total. The monoisotopic (exact) mass is 178 g/mol. The Kier molecular flexibility index (Phi) is 4.24. The SMILES string of the molecule is Cl.Oc1ccc(CCl)cc1. The van der Waals surface area contributed by atoms with Crippen LogP contribution in [0.15, 0.2) is 24.3 Å². The van der Waals surface area contributed by atoms with Gasteiger partial charge < -0.3 is 5.11 Å². The third-order valence-corrected chi connectivity index (χ3v) is 1.40. The zero-order valence-corrected chi connectivity index (χ0v) is 6.82. The van der Waals surface area contributed by atoms with Gasteiger partial charge in [-0.2, -0.15) is 0 Å². The van der Waals surface area contributed by atoms with Crippen molar-refractivity contribution in [2.24, 2.45) is 0 Å². The Bertz CT molecular complexity index is 183. The number of halogens is 2. The highest BCUT2D eigenvalue weighted by atomic mass is 35.5. The molecule has 0 aliphatic rings. The molecular formula is C7H8Cl2O. The van der Waals surface area contributed by atoms with Gasteiger partial charge in [0.2, 0.25) is 0 Å². The second-order valence-electron chi connectivity index (χ2n) is 1.80. The first kappa shape index (κ1) is 9.60. The lowest BCUT2D eigenvalue weighted by atomic mass is 10.2. The summed E-state index contributed by atoms with van der Waals surface area (Å²) in [6, 6.07) is 6.83.